The summed E-state index contributed by atoms with van der Waals surface area (Å²) in [4.78, 5) is 10.2. The minimum atomic E-state index is -0.779. The average Bonchev–Trinajstić information content (AvgIpc) is 2.17. The van der Waals surface area contributed by atoms with Crippen LogP contribution in [-0.2, 0) is 4.79 Å². The topological polar surface area (TPSA) is 29.1 Å². The van der Waals surface area contributed by atoms with Crippen LogP contribution in [0.4, 0.5) is 4.39 Å². The van der Waals surface area contributed by atoms with Gasteiger partial charge in [-0.15, -0.1) is 0 Å². The molecule has 46 valence electrons. The first-order valence-electron chi connectivity index (χ1n) is 2.61. The minimum Gasteiger partial charge on any atom is -0.351 e. The summed E-state index contributed by atoms with van der Waals surface area (Å²) in [6, 6.07) is -0.174. The first-order chi connectivity index (χ1) is 3.70. The number of hydrogen-bond donors (Lipinski definition) is 1. The van der Waals surface area contributed by atoms with Crippen molar-refractivity contribution in [2.24, 2.45) is 0 Å². The molecule has 1 rings (SSSR count). The van der Waals surface area contributed by atoms with E-state index >= 15 is 0 Å². The van der Waals surface area contributed by atoms with Crippen LogP contribution in [0.1, 0.15) is 13.3 Å². The van der Waals surface area contributed by atoms with Gasteiger partial charge in [-0.3, -0.25) is 4.79 Å². The molecule has 1 amide bonds. The molecule has 0 spiro atoms. The van der Waals surface area contributed by atoms with Gasteiger partial charge in [0, 0.05) is 13.3 Å². The van der Waals surface area contributed by atoms with Crippen molar-refractivity contribution in [1.29, 1.82) is 0 Å². The van der Waals surface area contributed by atoms with Crippen molar-refractivity contribution in [3.63, 3.8) is 0 Å². The Bertz CT molecular complexity index is 115. The predicted molar refractivity (Wildman–Crippen MR) is 27.1 cm³/mol. The van der Waals surface area contributed by atoms with Gasteiger partial charge in [0.15, 0.2) is 0 Å². The smallest absolute Gasteiger partial charge is 0.217 e. The Balaban J connectivity index is 2.14. The van der Waals surface area contributed by atoms with Crippen molar-refractivity contribution in [1.82, 2.24) is 5.32 Å². The molecular formula is C5H8FNO. The van der Waals surface area contributed by atoms with Crippen LogP contribution in [0.25, 0.3) is 0 Å². The maximum Gasteiger partial charge on any atom is 0.217 e. The molecule has 0 saturated heterocycles. The van der Waals surface area contributed by atoms with Gasteiger partial charge < -0.3 is 5.32 Å². The van der Waals surface area contributed by atoms with Crippen LogP contribution < -0.4 is 5.32 Å². The Kier molecular flexibility index (Phi) is 1.19. The highest BCUT2D eigenvalue weighted by Crippen LogP contribution is 2.24. The fourth-order valence-corrected chi connectivity index (χ4v) is 0.574. The van der Waals surface area contributed by atoms with Crippen molar-refractivity contribution in [3.05, 3.63) is 0 Å². The zero-order chi connectivity index (χ0) is 6.15. The van der Waals surface area contributed by atoms with Crippen molar-refractivity contribution >= 4 is 5.91 Å². The Labute approximate surface area is 47.1 Å². The summed E-state index contributed by atoms with van der Waals surface area (Å²) in [7, 11) is 0. The number of nitrogens with one attached hydrogen (secondary N) is 1. The molecule has 0 aromatic carbocycles. The van der Waals surface area contributed by atoms with E-state index in [0.29, 0.717) is 6.42 Å². The van der Waals surface area contributed by atoms with Gasteiger partial charge in [-0.05, 0) is 0 Å². The van der Waals surface area contributed by atoms with Crippen LogP contribution >= 0.6 is 0 Å². The lowest BCUT2D eigenvalue weighted by Crippen LogP contribution is -2.23. The Morgan fingerprint density at radius 3 is 2.50 bits per heavy atom. The maximum absolute atomic E-state index is 11.9. The fraction of sp³-hybridized carbons (Fsp3) is 0.800. The quantitative estimate of drug-likeness (QED) is 0.523. The molecule has 2 nitrogen and oxygen atoms in total. The van der Waals surface area contributed by atoms with Gasteiger partial charge in [-0.25, -0.2) is 4.39 Å². The molecule has 0 aromatic heterocycles. The van der Waals surface area contributed by atoms with Gasteiger partial charge >= 0.3 is 0 Å². The number of halogens is 1. The molecule has 0 aromatic rings. The molecule has 0 heterocycles. The third kappa shape index (κ3) is 1.18. The highest BCUT2D eigenvalue weighted by molar-refractivity contribution is 5.73. The van der Waals surface area contributed by atoms with Gasteiger partial charge in [0.1, 0.15) is 6.17 Å². The molecule has 2 atom stereocenters. The maximum atomic E-state index is 11.9. The van der Waals surface area contributed by atoms with Crippen molar-refractivity contribution in [2.75, 3.05) is 0 Å². The molecule has 1 saturated carbocycles. The van der Waals surface area contributed by atoms with Crippen LogP contribution in [0.15, 0.2) is 0 Å². The van der Waals surface area contributed by atoms with Gasteiger partial charge in [0.2, 0.25) is 5.91 Å². The van der Waals surface area contributed by atoms with Crippen LogP contribution in [0.2, 0.25) is 0 Å². The number of alkyl halides is 1. The highest BCUT2D eigenvalue weighted by Gasteiger charge is 2.37. The summed E-state index contributed by atoms with van der Waals surface area (Å²) < 4.78 is 11.9. The summed E-state index contributed by atoms with van der Waals surface area (Å²) in [5.74, 6) is -0.143. The zero-order valence-electron chi connectivity index (χ0n) is 4.65. The lowest BCUT2D eigenvalue weighted by Gasteiger charge is -1.92. The van der Waals surface area contributed by atoms with E-state index in [9.17, 15) is 9.18 Å². The average molecular weight is 117 g/mol. The Morgan fingerprint density at radius 2 is 2.38 bits per heavy atom. The molecule has 3 heteroatoms. The Hall–Kier alpha value is -0.600. The van der Waals surface area contributed by atoms with Crippen molar-refractivity contribution in [2.45, 2.75) is 25.6 Å². The fourth-order valence-electron chi connectivity index (χ4n) is 0.574. The largest absolute Gasteiger partial charge is 0.351 e. The molecule has 0 aliphatic heterocycles. The summed E-state index contributed by atoms with van der Waals surface area (Å²) in [6.07, 6.45) is -0.279. The molecule has 0 radical (unpaired) electrons. The van der Waals surface area contributed by atoms with Crippen molar-refractivity contribution in [3.8, 4) is 0 Å². The third-order valence-corrected chi connectivity index (χ3v) is 1.10. The SMILES string of the molecule is CC(=O)NC1CC1F. The second-order valence-electron chi connectivity index (χ2n) is 2.06. The summed E-state index contributed by atoms with van der Waals surface area (Å²) in [5.41, 5.74) is 0. The summed E-state index contributed by atoms with van der Waals surface area (Å²) in [6.45, 7) is 1.39. The molecule has 0 bridgehead atoms. The third-order valence-electron chi connectivity index (χ3n) is 1.10. The van der Waals surface area contributed by atoms with Crippen LogP contribution in [-0.4, -0.2) is 18.1 Å². The number of carbonyl (C=O) groups is 1. The monoisotopic (exact) mass is 117 g/mol. The number of carbonyl (C=O) groups excluding carboxylic acids is 1. The Morgan fingerprint density at radius 1 is 1.88 bits per heavy atom. The second kappa shape index (κ2) is 1.73. The van der Waals surface area contributed by atoms with Gasteiger partial charge in [-0.1, -0.05) is 0 Å². The zero-order valence-corrected chi connectivity index (χ0v) is 4.65. The van der Waals surface area contributed by atoms with Gasteiger partial charge in [0.25, 0.3) is 0 Å². The number of hydrogen-bond acceptors (Lipinski definition) is 1. The van der Waals surface area contributed by atoms with E-state index in [0.717, 1.165) is 0 Å². The number of rotatable bonds is 1. The van der Waals surface area contributed by atoms with E-state index < -0.39 is 6.17 Å². The predicted octanol–water partition coefficient (Wildman–Crippen LogP) is 0.233. The van der Waals surface area contributed by atoms with E-state index in [2.05, 4.69) is 5.32 Å². The van der Waals surface area contributed by atoms with Gasteiger partial charge in [-0.2, -0.15) is 0 Å². The summed E-state index contributed by atoms with van der Waals surface area (Å²) >= 11 is 0. The summed E-state index contributed by atoms with van der Waals surface area (Å²) in [5, 5.41) is 2.45. The van der Waals surface area contributed by atoms with E-state index in [-0.39, 0.29) is 11.9 Å². The second-order valence-corrected chi connectivity index (χ2v) is 2.06. The molecule has 1 fully saturated rings. The first kappa shape index (κ1) is 5.54. The molecular weight excluding hydrogens is 109 g/mol. The number of amides is 1. The van der Waals surface area contributed by atoms with E-state index in [4.69, 9.17) is 0 Å². The van der Waals surface area contributed by atoms with Crippen LogP contribution in [0.3, 0.4) is 0 Å². The van der Waals surface area contributed by atoms with Gasteiger partial charge in [0.05, 0.1) is 6.04 Å². The molecule has 1 aliphatic rings. The minimum absolute atomic E-state index is 0.143. The molecule has 2 unspecified atom stereocenters. The molecule has 1 N–H and O–H groups in total. The lowest BCUT2D eigenvalue weighted by molar-refractivity contribution is -0.119. The highest BCUT2D eigenvalue weighted by atomic mass is 19.1. The van der Waals surface area contributed by atoms with Crippen LogP contribution in [0, 0.1) is 0 Å². The van der Waals surface area contributed by atoms with E-state index in [1.807, 2.05) is 0 Å². The molecule has 8 heavy (non-hydrogen) atoms. The first-order valence-corrected chi connectivity index (χ1v) is 2.61. The normalized spacial score (nSPS) is 34.2. The lowest BCUT2D eigenvalue weighted by atomic mass is 10.6. The standard InChI is InChI=1S/C5H8FNO/c1-3(8)7-5-2-4(5)6/h4-5H,2H2,1H3,(H,7,8). The van der Waals surface area contributed by atoms with E-state index in [1.54, 1.807) is 0 Å². The van der Waals surface area contributed by atoms with Crippen LogP contribution in [0.5, 0.6) is 0 Å². The molecule has 1 aliphatic carbocycles. The van der Waals surface area contributed by atoms with E-state index in [1.165, 1.54) is 6.92 Å². The van der Waals surface area contributed by atoms with Crippen molar-refractivity contribution < 1.29 is 9.18 Å².